The van der Waals surface area contributed by atoms with Crippen LogP contribution in [0.2, 0.25) is 0 Å². The monoisotopic (exact) mass is 200 g/mol. The predicted molar refractivity (Wildman–Crippen MR) is 47.4 cm³/mol. The number of hydrogen-bond acceptors (Lipinski definition) is 2. The third-order valence-electron chi connectivity index (χ3n) is 1.28. The zero-order valence-corrected chi connectivity index (χ0v) is 7.56. The lowest BCUT2D eigenvalue weighted by Crippen LogP contribution is -1.90. The van der Waals surface area contributed by atoms with Crippen LogP contribution in [0, 0.1) is 12.3 Å². The van der Waals surface area contributed by atoms with Crippen molar-refractivity contribution in [2.75, 3.05) is 0 Å². The molecule has 0 fully saturated rings. The van der Waals surface area contributed by atoms with E-state index in [1.54, 1.807) is 12.1 Å². The highest BCUT2D eigenvalue weighted by molar-refractivity contribution is 8.13. The van der Waals surface area contributed by atoms with Crippen molar-refractivity contribution in [1.82, 2.24) is 0 Å². The lowest BCUT2D eigenvalue weighted by Gasteiger charge is -1.95. The van der Waals surface area contributed by atoms with Crippen LogP contribution in [0.3, 0.4) is 0 Å². The molecule has 0 saturated heterocycles. The number of halogens is 1. The average molecular weight is 201 g/mol. The minimum absolute atomic E-state index is 0.0274. The molecule has 0 aliphatic heterocycles. The average Bonchev–Trinajstić information content (AvgIpc) is 2.03. The normalized spacial score (nSPS) is 10.7. The van der Waals surface area contributed by atoms with Crippen LogP contribution < -0.4 is 0 Å². The molecule has 62 valence electrons. The Hall–Kier alpha value is -0.980. The fraction of sp³-hybridized carbons (Fsp3) is 0. The summed E-state index contributed by atoms with van der Waals surface area (Å²) in [6.07, 6.45) is 5.07. The van der Waals surface area contributed by atoms with Gasteiger partial charge in [0.25, 0.3) is 9.05 Å². The highest BCUT2D eigenvalue weighted by atomic mass is 35.7. The van der Waals surface area contributed by atoms with E-state index in [4.69, 9.17) is 17.1 Å². The van der Waals surface area contributed by atoms with Crippen LogP contribution in [-0.2, 0) is 9.05 Å². The third kappa shape index (κ3) is 2.00. The summed E-state index contributed by atoms with van der Waals surface area (Å²) in [6.45, 7) is 0. The Kier molecular flexibility index (Phi) is 2.41. The van der Waals surface area contributed by atoms with Crippen molar-refractivity contribution in [3.8, 4) is 12.3 Å². The fourth-order valence-corrected chi connectivity index (χ4v) is 1.53. The summed E-state index contributed by atoms with van der Waals surface area (Å²) in [5.41, 5.74) is 0.497. The smallest absolute Gasteiger partial charge is 0.207 e. The SMILES string of the molecule is C#Cc1cccc(S(=O)(=O)Cl)c1. The Morgan fingerprint density at radius 2 is 2.08 bits per heavy atom. The van der Waals surface area contributed by atoms with Gasteiger partial charge in [0.15, 0.2) is 0 Å². The van der Waals surface area contributed by atoms with Crippen molar-refractivity contribution < 1.29 is 8.42 Å². The zero-order valence-electron chi connectivity index (χ0n) is 5.99. The standard InChI is InChI=1S/C8H5ClO2S/c1-2-7-4-3-5-8(6-7)12(9,10)11/h1,3-6H. The molecular weight excluding hydrogens is 196 g/mol. The fourth-order valence-electron chi connectivity index (χ4n) is 0.738. The van der Waals surface area contributed by atoms with Gasteiger partial charge in [0.2, 0.25) is 0 Å². The maximum Gasteiger partial charge on any atom is 0.261 e. The van der Waals surface area contributed by atoms with E-state index in [-0.39, 0.29) is 4.90 Å². The molecule has 1 aromatic rings. The van der Waals surface area contributed by atoms with E-state index in [1.807, 2.05) is 0 Å². The van der Waals surface area contributed by atoms with E-state index in [0.717, 1.165) is 0 Å². The molecule has 1 aromatic carbocycles. The molecule has 1 rings (SSSR count). The summed E-state index contributed by atoms with van der Waals surface area (Å²) in [6, 6.07) is 5.92. The van der Waals surface area contributed by atoms with Crippen LogP contribution >= 0.6 is 10.7 Å². The van der Waals surface area contributed by atoms with Gasteiger partial charge >= 0.3 is 0 Å². The summed E-state index contributed by atoms with van der Waals surface area (Å²) in [5.74, 6) is 2.32. The molecule has 0 aliphatic rings. The van der Waals surface area contributed by atoms with E-state index in [9.17, 15) is 8.42 Å². The maximum atomic E-state index is 10.8. The molecule has 0 N–H and O–H groups in total. The first-order valence-electron chi connectivity index (χ1n) is 3.05. The first-order chi connectivity index (χ1) is 5.54. The van der Waals surface area contributed by atoms with Gasteiger partial charge in [-0.3, -0.25) is 0 Å². The van der Waals surface area contributed by atoms with Gasteiger partial charge in [-0.2, -0.15) is 0 Å². The van der Waals surface area contributed by atoms with Gasteiger partial charge in [0.05, 0.1) is 4.90 Å². The molecule has 0 saturated carbocycles. The van der Waals surface area contributed by atoms with Crippen LogP contribution in [0.25, 0.3) is 0 Å². The first-order valence-corrected chi connectivity index (χ1v) is 5.36. The van der Waals surface area contributed by atoms with Gasteiger partial charge in [0.1, 0.15) is 0 Å². The van der Waals surface area contributed by atoms with Crippen molar-refractivity contribution >= 4 is 19.7 Å². The lowest BCUT2D eigenvalue weighted by molar-refractivity contribution is 0.609. The number of hydrogen-bond donors (Lipinski definition) is 0. The van der Waals surface area contributed by atoms with Gasteiger partial charge in [-0.15, -0.1) is 6.42 Å². The molecule has 0 amide bonds. The molecule has 4 heteroatoms. The van der Waals surface area contributed by atoms with E-state index in [2.05, 4.69) is 5.92 Å². The number of benzene rings is 1. The van der Waals surface area contributed by atoms with Crippen LogP contribution in [0.5, 0.6) is 0 Å². The molecule has 0 heterocycles. The third-order valence-corrected chi connectivity index (χ3v) is 2.63. The van der Waals surface area contributed by atoms with E-state index in [1.165, 1.54) is 12.1 Å². The van der Waals surface area contributed by atoms with Crippen molar-refractivity contribution in [2.45, 2.75) is 4.90 Å². The molecule has 0 atom stereocenters. The molecule has 0 unspecified atom stereocenters. The molecule has 0 bridgehead atoms. The topological polar surface area (TPSA) is 34.1 Å². The molecule has 0 aliphatic carbocycles. The quantitative estimate of drug-likeness (QED) is 0.510. The van der Waals surface area contributed by atoms with Crippen LogP contribution in [0.4, 0.5) is 0 Å². The second-order valence-electron chi connectivity index (χ2n) is 2.11. The van der Waals surface area contributed by atoms with Crippen LogP contribution in [0.1, 0.15) is 5.56 Å². The molecule has 2 nitrogen and oxygen atoms in total. The molecule has 0 aromatic heterocycles. The Morgan fingerprint density at radius 3 is 2.58 bits per heavy atom. The van der Waals surface area contributed by atoms with Crippen molar-refractivity contribution in [3.63, 3.8) is 0 Å². The Bertz CT molecular complexity index is 429. The summed E-state index contributed by atoms with van der Waals surface area (Å²) in [7, 11) is 1.43. The van der Waals surface area contributed by atoms with Gasteiger partial charge in [-0.1, -0.05) is 12.0 Å². The lowest BCUT2D eigenvalue weighted by atomic mass is 10.2. The minimum Gasteiger partial charge on any atom is -0.207 e. The zero-order chi connectivity index (χ0) is 9.19. The highest BCUT2D eigenvalue weighted by Crippen LogP contribution is 2.15. The summed E-state index contributed by atoms with van der Waals surface area (Å²) >= 11 is 0. The first kappa shape index (κ1) is 9.11. The van der Waals surface area contributed by atoms with Gasteiger partial charge < -0.3 is 0 Å². The Morgan fingerprint density at radius 1 is 1.42 bits per heavy atom. The summed E-state index contributed by atoms with van der Waals surface area (Å²) in [5, 5.41) is 0. The van der Waals surface area contributed by atoms with Crippen molar-refractivity contribution in [3.05, 3.63) is 29.8 Å². The van der Waals surface area contributed by atoms with E-state index in [0.29, 0.717) is 5.56 Å². The molecule has 0 spiro atoms. The van der Waals surface area contributed by atoms with E-state index < -0.39 is 9.05 Å². The van der Waals surface area contributed by atoms with Crippen molar-refractivity contribution in [2.24, 2.45) is 0 Å². The maximum absolute atomic E-state index is 10.8. The van der Waals surface area contributed by atoms with Crippen LogP contribution in [-0.4, -0.2) is 8.42 Å². The van der Waals surface area contributed by atoms with Crippen LogP contribution in [0.15, 0.2) is 29.2 Å². The summed E-state index contributed by atoms with van der Waals surface area (Å²) < 4.78 is 21.6. The number of terminal acetylenes is 1. The van der Waals surface area contributed by atoms with Gasteiger partial charge in [-0.25, -0.2) is 8.42 Å². The molecule has 0 radical (unpaired) electrons. The molecular formula is C8H5ClO2S. The minimum atomic E-state index is -3.66. The summed E-state index contributed by atoms with van der Waals surface area (Å²) in [4.78, 5) is 0.0274. The largest absolute Gasteiger partial charge is 0.261 e. The second-order valence-corrected chi connectivity index (χ2v) is 4.68. The van der Waals surface area contributed by atoms with E-state index >= 15 is 0 Å². The van der Waals surface area contributed by atoms with Gasteiger partial charge in [-0.05, 0) is 18.2 Å². The highest BCUT2D eigenvalue weighted by Gasteiger charge is 2.08. The molecule has 12 heavy (non-hydrogen) atoms. The predicted octanol–water partition coefficient (Wildman–Crippen LogP) is 1.60. The Labute approximate surface area is 75.6 Å². The second kappa shape index (κ2) is 3.18. The van der Waals surface area contributed by atoms with Crippen molar-refractivity contribution in [1.29, 1.82) is 0 Å². The van der Waals surface area contributed by atoms with Gasteiger partial charge in [0, 0.05) is 16.2 Å². The Balaban J connectivity index is 3.32. The number of rotatable bonds is 1.